The van der Waals surface area contributed by atoms with Gasteiger partial charge in [-0.3, -0.25) is 0 Å². The number of aromatic nitrogens is 2. The number of anilines is 1. The van der Waals surface area contributed by atoms with Crippen LogP contribution >= 0.6 is 0 Å². The van der Waals surface area contributed by atoms with E-state index in [0.29, 0.717) is 11.8 Å². The van der Waals surface area contributed by atoms with E-state index in [2.05, 4.69) is 22.2 Å². The fourth-order valence-electron chi connectivity index (χ4n) is 1.31. The smallest absolute Gasteiger partial charge is 0.225 e. The minimum atomic E-state index is 0.142. The molecule has 4 nitrogen and oxygen atoms in total. The maximum Gasteiger partial charge on any atom is 0.225 e. The predicted octanol–water partition coefficient (Wildman–Crippen LogP) is 2.87. The monoisotopic (exact) mass is 223 g/mol. The first kappa shape index (κ1) is 12.7. The summed E-state index contributed by atoms with van der Waals surface area (Å²) in [6, 6.07) is 1.78. The molecule has 1 rings (SSSR count). The Balaban J connectivity index is 2.41. The quantitative estimate of drug-likeness (QED) is 0.722. The summed E-state index contributed by atoms with van der Waals surface area (Å²) in [4.78, 5) is 8.41. The second kappa shape index (κ2) is 7.04. The highest BCUT2D eigenvalue weighted by Crippen LogP contribution is 2.10. The number of ether oxygens (including phenoxy) is 1. The van der Waals surface area contributed by atoms with E-state index in [1.165, 1.54) is 12.8 Å². The molecule has 0 spiro atoms. The van der Waals surface area contributed by atoms with E-state index in [4.69, 9.17) is 4.74 Å². The molecule has 0 unspecified atom stereocenters. The lowest BCUT2D eigenvalue weighted by atomic mass is 10.2. The average molecular weight is 223 g/mol. The average Bonchev–Trinajstić information content (AvgIpc) is 2.24. The molecule has 0 saturated heterocycles. The Hall–Kier alpha value is -1.32. The van der Waals surface area contributed by atoms with Crippen LogP contribution in [-0.2, 0) is 0 Å². The molecule has 1 aromatic heterocycles. The van der Waals surface area contributed by atoms with Crippen LogP contribution in [0.3, 0.4) is 0 Å². The second-order valence-corrected chi connectivity index (χ2v) is 4.02. The van der Waals surface area contributed by atoms with Crippen LogP contribution in [0.1, 0.15) is 40.0 Å². The minimum absolute atomic E-state index is 0.142. The highest BCUT2D eigenvalue weighted by Gasteiger charge is 2.01. The molecule has 0 aromatic carbocycles. The van der Waals surface area contributed by atoms with Crippen LogP contribution in [0.2, 0.25) is 0 Å². The minimum Gasteiger partial charge on any atom is -0.475 e. The lowest BCUT2D eigenvalue weighted by molar-refractivity contribution is 0.232. The summed E-state index contributed by atoms with van der Waals surface area (Å²) >= 11 is 0. The molecule has 1 heterocycles. The van der Waals surface area contributed by atoms with E-state index in [9.17, 15) is 0 Å². The highest BCUT2D eigenvalue weighted by atomic mass is 16.5. The third-order valence-electron chi connectivity index (χ3n) is 2.05. The highest BCUT2D eigenvalue weighted by molar-refractivity contribution is 5.27. The normalized spacial score (nSPS) is 10.5. The molecule has 16 heavy (non-hydrogen) atoms. The van der Waals surface area contributed by atoms with E-state index in [-0.39, 0.29) is 6.10 Å². The zero-order chi connectivity index (χ0) is 11.8. The predicted molar refractivity (Wildman–Crippen MR) is 65.8 cm³/mol. The van der Waals surface area contributed by atoms with Crippen LogP contribution in [0.25, 0.3) is 0 Å². The zero-order valence-corrected chi connectivity index (χ0v) is 10.4. The molecule has 1 N–H and O–H groups in total. The number of hydrogen-bond donors (Lipinski definition) is 1. The van der Waals surface area contributed by atoms with Crippen LogP contribution in [0.5, 0.6) is 5.88 Å². The van der Waals surface area contributed by atoms with E-state index in [0.717, 1.165) is 13.0 Å². The van der Waals surface area contributed by atoms with Gasteiger partial charge in [-0.05, 0) is 20.3 Å². The van der Waals surface area contributed by atoms with Gasteiger partial charge in [-0.25, -0.2) is 4.98 Å². The summed E-state index contributed by atoms with van der Waals surface area (Å²) in [6.45, 7) is 7.07. The largest absolute Gasteiger partial charge is 0.475 e. The molecular weight excluding hydrogens is 202 g/mol. The molecule has 0 aliphatic heterocycles. The second-order valence-electron chi connectivity index (χ2n) is 4.02. The van der Waals surface area contributed by atoms with Gasteiger partial charge in [0, 0.05) is 18.8 Å². The van der Waals surface area contributed by atoms with Crippen molar-refractivity contribution in [3.05, 3.63) is 12.3 Å². The summed E-state index contributed by atoms with van der Waals surface area (Å²) in [7, 11) is 0. The standard InChI is InChI=1S/C12H21N3O/c1-4-5-6-8-13-12-14-9-7-11(15-12)16-10(2)3/h7,9-10H,4-6,8H2,1-3H3,(H,13,14,15). The molecular formula is C12H21N3O. The van der Waals surface area contributed by atoms with Gasteiger partial charge in [0.2, 0.25) is 11.8 Å². The Morgan fingerprint density at radius 1 is 1.38 bits per heavy atom. The van der Waals surface area contributed by atoms with Gasteiger partial charge in [-0.15, -0.1) is 0 Å². The third kappa shape index (κ3) is 4.96. The first-order valence-electron chi connectivity index (χ1n) is 5.96. The summed E-state index contributed by atoms with van der Waals surface area (Å²) in [6.07, 6.45) is 5.46. The van der Waals surface area contributed by atoms with Gasteiger partial charge in [0.15, 0.2) is 0 Å². The first-order chi connectivity index (χ1) is 7.72. The molecule has 0 aliphatic rings. The van der Waals surface area contributed by atoms with Gasteiger partial charge in [0.25, 0.3) is 0 Å². The summed E-state index contributed by atoms with van der Waals surface area (Å²) in [5.74, 6) is 1.28. The Morgan fingerprint density at radius 3 is 2.88 bits per heavy atom. The molecule has 0 radical (unpaired) electrons. The summed E-state index contributed by atoms with van der Waals surface area (Å²) in [5, 5.41) is 3.19. The summed E-state index contributed by atoms with van der Waals surface area (Å²) < 4.78 is 5.49. The van der Waals surface area contributed by atoms with Crippen LogP contribution in [0, 0.1) is 0 Å². The lowest BCUT2D eigenvalue weighted by Gasteiger charge is -2.09. The van der Waals surface area contributed by atoms with Crippen molar-refractivity contribution in [2.24, 2.45) is 0 Å². The maximum absolute atomic E-state index is 5.49. The topological polar surface area (TPSA) is 47.0 Å². The van der Waals surface area contributed by atoms with Gasteiger partial charge < -0.3 is 10.1 Å². The van der Waals surface area contributed by atoms with Crippen molar-refractivity contribution < 1.29 is 4.74 Å². The number of rotatable bonds is 7. The number of nitrogens with one attached hydrogen (secondary N) is 1. The van der Waals surface area contributed by atoms with Crippen LogP contribution < -0.4 is 10.1 Å². The van der Waals surface area contributed by atoms with E-state index in [1.54, 1.807) is 12.3 Å². The number of nitrogens with zero attached hydrogens (tertiary/aromatic N) is 2. The maximum atomic E-state index is 5.49. The van der Waals surface area contributed by atoms with E-state index >= 15 is 0 Å². The van der Waals surface area contributed by atoms with Crippen molar-refractivity contribution in [3.8, 4) is 5.88 Å². The molecule has 4 heteroatoms. The molecule has 0 amide bonds. The van der Waals surface area contributed by atoms with Crippen molar-refractivity contribution >= 4 is 5.95 Å². The number of unbranched alkanes of at least 4 members (excludes halogenated alkanes) is 2. The lowest BCUT2D eigenvalue weighted by Crippen LogP contribution is -2.09. The fourth-order valence-corrected chi connectivity index (χ4v) is 1.31. The molecule has 90 valence electrons. The number of hydrogen-bond acceptors (Lipinski definition) is 4. The van der Waals surface area contributed by atoms with Crippen LogP contribution in [0.15, 0.2) is 12.3 Å². The van der Waals surface area contributed by atoms with Crippen molar-refractivity contribution in [1.29, 1.82) is 0 Å². The molecule has 0 saturated carbocycles. The van der Waals surface area contributed by atoms with Gasteiger partial charge in [-0.2, -0.15) is 4.98 Å². The van der Waals surface area contributed by atoms with Gasteiger partial charge in [0.1, 0.15) is 0 Å². The van der Waals surface area contributed by atoms with Crippen molar-refractivity contribution in [1.82, 2.24) is 9.97 Å². The van der Waals surface area contributed by atoms with E-state index in [1.807, 2.05) is 13.8 Å². The van der Waals surface area contributed by atoms with Gasteiger partial charge >= 0.3 is 0 Å². The Kier molecular flexibility index (Phi) is 5.61. The van der Waals surface area contributed by atoms with Crippen LogP contribution in [-0.4, -0.2) is 22.6 Å². The van der Waals surface area contributed by atoms with Crippen LogP contribution in [0.4, 0.5) is 5.95 Å². The van der Waals surface area contributed by atoms with Crippen molar-refractivity contribution in [2.45, 2.75) is 46.1 Å². The SMILES string of the molecule is CCCCCNc1nccc(OC(C)C)n1. The Bertz CT molecular complexity index is 302. The van der Waals surface area contributed by atoms with Gasteiger partial charge in [0.05, 0.1) is 6.10 Å². The molecule has 1 aromatic rings. The third-order valence-corrected chi connectivity index (χ3v) is 2.05. The first-order valence-corrected chi connectivity index (χ1v) is 5.96. The summed E-state index contributed by atoms with van der Waals surface area (Å²) in [5.41, 5.74) is 0. The molecule has 0 fully saturated rings. The fraction of sp³-hybridized carbons (Fsp3) is 0.667. The Labute approximate surface area is 97.5 Å². The molecule has 0 bridgehead atoms. The zero-order valence-electron chi connectivity index (χ0n) is 10.4. The van der Waals surface area contributed by atoms with Gasteiger partial charge in [-0.1, -0.05) is 19.8 Å². The molecule has 0 atom stereocenters. The van der Waals surface area contributed by atoms with Crippen molar-refractivity contribution in [3.63, 3.8) is 0 Å². The van der Waals surface area contributed by atoms with E-state index < -0.39 is 0 Å². The Morgan fingerprint density at radius 2 is 2.19 bits per heavy atom. The molecule has 0 aliphatic carbocycles. The van der Waals surface area contributed by atoms with Crippen molar-refractivity contribution in [2.75, 3.05) is 11.9 Å².